The normalized spacial score (nSPS) is 45.4. The van der Waals surface area contributed by atoms with E-state index in [-0.39, 0.29) is 12.2 Å². The molecule has 2 rings (SSSR count). The van der Waals surface area contributed by atoms with E-state index in [1.807, 2.05) is 13.8 Å². The van der Waals surface area contributed by atoms with Crippen molar-refractivity contribution in [1.82, 2.24) is 0 Å². The van der Waals surface area contributed by atoms with E-state index in [0.29, 0.717) is 6.61 Å². The highest BCUT2D eigenvalue weighted by Crippen LogP contribution is 2.42. The molecule has 4 nitrogen and oxygen atoms in total. The van der Waals surface area contributed by atoms with Gasteiger partial charge < -0.3 is 19.3 Å². The van der Waals surface area contributed by atoms with E-state index < -0.39 is 11.6 Å². The van der Waals surface area contributed by atoms with Crippen LogP contribution in [0.4, 0.5) is 0 Å². The van der Waals surface area contributed by atoms with Gasteiger partial charge in [-0.05, 0) is 19.8 Å². The van der Waals surface area contributed by atoms with Crippen LogP contribution < -0.4 is 0 Å². The maximum atomic E-state index is 9.86. The fourth-order valence-corrected chi connectivity index (χ4v) is 2.16. The molecule has 1 N–H and O–H groups in total. The molecule has 2 aliphatic rings. The monoisotopic (exact) mass is 202 g/mol. The number of fused-ring (bicyclic) bond motifs is 1. The van der Waals surface area contributed by atoms with Gasteiger partial charge >= 0.3 is 0 Å². The van der Waals surface area contributed by atoms with Crippen molar-refractivity contribution in [2.75, 3.05) is 6.61 Å². The molecular formula is C10H18O4. The average Bonchev–Trinajstić information content (AvgIpc) is 2.66. The van der Waals surface area contributed by atoms with Crippen molar-refractivity contribution in [3.8, 4) is 0 Å². The molecule has 0 spiro atoms. The van der Waals surface area contributed by atoms with Crippen LogP contribution >= 0.6 is 0 Å². The fraction of sp³-hybridized carbons (Fsp3) is 1.00. The SMILES string of the molecule is CCC1(CC)O[C@@H]2[C@@H](COC2(C)O)O1. The van der Waals surface area contributed by atoms with Crippen molar-refractivity contribution < 1.29 is 19.3 Å². The van der Waals surface area contributed by atoms with Crippen LogP contribution in [0, 0.1) is 0 Å². The van der Waals surface area contributed by atoms with Crippen LogP contribution in [-0.2, 0) is 14.2 Å². The van der Waals surface area contributed by atoms with Crippen LogP contribution in [0.1, 0.15) is 33.6 Å². The van der Waals surface area contributed by atoms with Gasteiger partial charge in [0.1, 0.15) is 12.2 Å². The van der Waals surface area contributed by atoms with Gasteiger partial charge in [0.2, 0.25) is 0 Å². The minimum atomic E-state index is -1.20. The van der Waals surface area contributed by atoms with E-state index in [1.54, 1.807) is 6.92 Å². The summed E-state index contributed by atoms with van der Waals surface area (Å²) in [4.78, 5) is 0. The Morgan fingerprint density at radius 3 is 2.43 bits per heavy atom. The average molecular weight is 202 g/mol. The Kier molecular flexibility index (Phi) is 2.34. The highest BCUT2D eigenvalue weighted by atomic mass is 16.8. The summed E-state index contributed by atoms with van der Waals surface area (Å²) in [5.74, 6) is -1.71. The van der Waals surface area contributed by atoms with Crippen molar-refractivity contribution in [3.05, 3.63) is 0 Å². The van der Waals surface area contributed by atoms with Gasteiger partial charge in [-0.25, -0.2) is 0 Å². The lowest BCUT2D eigenvalue weighted by Crippen LogP contribution is -2.41. The summed E-state index contributed by atoms with van der Waals surface area (Å²) >= 11 is 0. The van der Waals surface area contributed by atoms with Gasteiger partial charge in [-0.2, -0.15) is 0 Å². The molecule has 2 saturated heterocycles. The zero-order valence-corrected chi connectivity index (χ0v) is 8.95. The van der Waals surface area contributed by atoms with Crippen molar-refractivity contribution in [1.29, 1.82) is 0 Å². The second-order valence-electron chi connectivity index (χ2n) is 4.18. The smallest absolute Gasteiger partial charge is 0.192 e. The Hall–Kier alpha value is -0.160. The molecule has 0 aromatic rings. The highest BCUT2D eigenvalue weighted by molar-refractivity contribution is 4.95. The van der Waals surface area contributed by atoms with Gasteiger partial charge in [0.05, 0.1) is 6.61 Å². The molecule has 2 aliphatic heterocycles. The van der Waals surface area contributed by atoms with Crippen LogP contribution in [0.3, 0.4) is 0 Å². The third kappa shape index (κ3) is 1.37. The molecule has 4 heteroatoms. The summed E-state index contributed by atoms with van der Waals surface area (Å²) in [7, 11) is 0. The molecule has 0 saturated carbocycles. The highest BCUT2D eigenvalue weighted by Gasteiger charge is 2.57. The van der Waals surface area contributed by atoms with Crippen LogP contribution in [-0.4, -0.2) is 35.5 Å². The third-order valence-electron chi connectivity index (χ3n) is 3.19. The Bertz CT molecular complexity index is 222. The van der Waals surface area contributed by atoms with Gasteiger partial charge in [0, 0.05) is 0 Å². The van der Waals surface area contributed by atoms with Gasteiger partial charge in [0.25, 0.3) is 0 Å². The molecule has 2 heterocycles. The molecule has 0 aromatic carbocycles. The van der Waals surface area contributed by atoms with Crippen molar-refractivity contribution in [2.45, 2.75) is 57.4 Å². The fourth-order valence-electron chi connectivity index (χ4n) is 2.16. The van der Waals surface area contributed by atoms with Crippen LogP contribution in [0.15, 0.2) is 0 Å². The minimum Gasteiger partial charge on any atom is -0.364 e. The predicted molar refractivity (Wildman–Crippen MR) is 49.6 cm³/mol. The third-order valence-corrected chi connectivity index (χ3v) is 3.19. The van der Waals surface area contributed by atoms with Crippen molar-refractivity contribution in [2.24, 2.45) is 0 Å². The Labute approximate surface area is 84.1 Å². The minimum absolute atomic E-state index is 0.120. The van der Waals surface area contributed by atoms with E-state index in [1.165, 1.54) is 0 Å². The van der Waals surface area contributed by atoms with E-state index in [9.17, 15) is 5.11 Å². The molecule has 2 fully saturated rings. The van der Waals surface area contributed by atoms with E-state index in [2.05, 4.69) is 0 Å². The lowest BCUT2D eigenvalue weighted by Gasteiger charge is -2.29. The molecule has 82 valence electrons. The number of rotatable bonds is 2. The summed E-state index contributed by atoms with van der Waals surface area (Å²) in [5, 5.41) is 9.86. The van der Waals surface area contributed by atoms with E-state index >= 15 is 0 Å². The van der Waals surface area contributed by atoms with Gasteiger partial charge in [-0.15, -0.1) is 0 Å². The molecule has 0 radical (unpaired) electrons. The van der Waals surface area contributed by atoms with E-state index in [4.69, 9.17) is 14.2 Å². The summed E-state index contributed by atoms with van der Waals surface area (Å²) in [6, 6.07) is 0. The first-order valence-corrected chi connectivity index (χ1v) is 5.25. The predicted octanol–water partition coefficient (Wildman–Crippen LogP) is 1.03. The molecule has 0 aliphatic carbocycles. The molecule has 14 heavy (non-hydrogen) atoms. The van der Waals surface area contributed by atoms with Gasteiger partial charge in [-0.3, -0.25) is 0 Å². The number of hydrogen-bond acceptors (Lipinski definition) is 4. The maximum absolute atomic E-state index is 9.86. The number of aliphatic hydroxyl groups is 1. The van der Waals surface area contributed by atoms with Crippen LogP contribution in [0.2, 0.25) is 0 Å². The first kappa shape index (κ1) is 10.4. The number of ether oxygens (including phenoxy) is 3. The lowest BCUT2D eigenvalue weighted by atomic mass is 10.1. The molecular weight excluding hydrogens is 184 g/mol. The zero-order valence-electron chi connectivity index (χ0n) is 8.95. The van der Waals surface area contributed by atoms with Gasteiger partial charge in [0.15, 0.2) is 11.6 Å². The summed E-state index contributed by atoms with van der Waals surface area (Å²) in [5.41, 5.74) is 0. The largest absolute Gasteiger partial charge is 0.364 e. The summed E-state index contributed by atoms with van der Waals surface area (Å²) < 4.78 is 16.8. The number of hydrogen-bond donors (Lipinski definition) is 1. The van der Waals surface area contributed by atoms with Crippen LogP contribution in [0.5, 0.6) is 0 Å². The molecule has 0 amide bonds. The molecule has 1 unspecified atom stereocenters. The summed E-state index contributed by atoms with van der Waals surface area (Å²) in [6.07, 6.45) is 1.13. The second kappa shape index (κ2) is 3.17. The molecule has 0 aromatic heterocycles. The quantitative estimate of drug-likeness (QED) is 0.726. The van der Waals surface area contributed by atoms with Crippen molar-refractivity contribution >= 4 is 0 Å². The first-order chi connectivity index (χ1) is 6.53. The maximum Gasteiger partial charge on any atom is 0.192 e. The van der Waals surface area contributed by atoms with E-state index in [0.717, 1.165) is 12.8 Å². The first-order valence-electron chi connectivity index (χ1n) is 5.25. The van der Waals surface area contributed by atoms with Crippen molar-refractivity contribution in [3.63, 3.8) is 0 Å². The second-order valence-corrected chi connectivity index (χ2v) is 4.18. The molecule has 3 atom stereocenters. The summed E-state index contributed by atoms with van der Waals surface area (Å²) in [6.45, 7) is 6.10. The Morgan fingerprint density at radius 1 is 1.29 bits per heavy atom. The Balaban J connectivity index is 2.15. The van der Waals surface area contributed by atoms with Crippen LogP contribution in [0.25, 0.3) is 0 Å². The zero-order chi connectivity index (χ0) is 10.4. The van der Waals surface area contributed by atoms with Gasteiger partial charge in [-0.1, -0.05) is 13.8 Å². The standard InChI is InChI=1S/C10H18O4/c1-4-10(5-2)13-7-6-12-9(3,11)8(7)14-10/h7-8,11H,4-6H2,1-3H3/t7-,8-,9?/m1/s1. The lowest BCUT2D eigenvalue weighted by molar-refractivity contribution is -0.263. The Morgan fingerprint density at radius 2 is 1.93 bits per heavy atom. The topological polar surface area (TPSA) is 47.9 Å². The molecule has 0 bridgehead atoms.